The molecule has 0 unspecified atom stereocenters. The van der Waals surface area contributed by atoms with Crippen molar-refractivity contribution >= 4 is 57.6 Å². The predicted octanol–water partition coefficient (Wildman–Crippen LogP) is 14.2. The molecule has 0 bridgehead atoms. The highest BCUT2D eigenvalue weighted by atomic mass is 15.3. The lowest BCUT2D eigenvalue weighted by molar-refractivity contribution is 0.332. The van der Waals surface area contributed by atoms with Crippen LogP contribution in [0.3, 0.4) is 0 Å². The second-order valence-electron chi connectivity index (χ2n) is 27.7. The van der Waals surface area contributed by atoms with Crippen LogP contribution in [0, 0.1) is 6.92 Å². The Balaban J connectivity index is 1.50. The Labute approximate surface area is 400 Å². The maximum absolute atomic E-state index is 5.74. The summed E-state index contributed by atoms with van der Waals surface area (Å²) >= 11 is 0. The second kappa shape index (κ2) is 14.3. The molecule has 0 fully saturated rings. The molecule has 4 aliphatic rings. The zero-order valence-corrected chi connectivity index (χ0v) is 44.8. The molecule has 2 aliphatic heterocycles. The monoisotopic (exact) mass is 882 g/mol. The molecule has 66 heavy (non-hydrogen) atoms. The molecule has 0 amide bonds. The number of aromatic nitrogens is 3. The van der Waals surface area contributed by atoms with Crippen LogP contribution >= 0.6 is 0 Å². The zero-order valence-electron chi connectivity index (χ0n) is 44.8. The van der Waals surface area contributed by atoms with Crippen molar-refractivity contribution in [1.82, 2.24) is 15.0 Å². The van der Waals surface area contributed by atoms with Crippen LogP contribution in [-0.2, 0) is 43.3 Å². The molecule has 2 aliphatic carbocycles. The highest BCUT2D eigenvalue weighted by Crippen LogP contribution is 2.56. The van der Waals surface area contributed by atoms with E-state index in [2.05, 4.69) is 210 Å². The van der Waals surface area contributed by atoms with Crippen molar-refractivity contribution in [1.29, 1.82) is 0 Å². The van der Waals surface area contributed by atoms with Gasteiger partial charge in [0.2, 0.25) is 0 Å². The Kier molecular flexibility index (Phi) is 10.1. The number of aryl methyl sites for hydroxylation is 1. The van der Waals surface area contributed by atoms with Crippen molar-refractivity contribution in [2.45, 2.75) is 214 Å². The minimum absolute atomic E-state index is 0.00855. The molecule has 0 radical (unpaired) electrons. The van der Waals surface area contributed by atoms with Gasteiger partial charge >= 0.3 is 0 Å². The first-order chi connectivity index (χ1) is 30.1. The smallest absolute Gasteiger partial charge is 0.256 e. The number of hydrogen-bond donors (Lipinski definition) is 0. The van der Waals surface area contributed by atoms with Gasteiger partial charge in [0.15, 0.2) is 0 Å². The van der Waals surface area contributed by atoms with Gasteiger partial charge in [-0.15, -0.1) is 0 Å². The Bertz CT molecular complexity index is 2580. The average Bonchev–Trinajstić information content (AvgIpc) is 3.18. The summed E-state index contributed by atoms with van der Waals surface area (Å²) < 4.78 is 0. The third kappa shape index (κ3) is 7.27. The minimum Gasteiger partial charge on any atom is -0.295 e. The lowest BCUT2D eigenvalue weighted by atomic mass is 9.33. The van der Waals surface area contributed by atoms with Crippen molar-refractivity contribution in [3.05, 3.63) is 105 Å². The van der Waals surface area contributed by atoms with E-state index in [-0.39, 0.29) is 50.0 Å². The molecular weight excluding hydrogens is 802 g/mol. The minimum atomic E-state index is -0.173. The lowest BCUT2D eigenvalue weighted by Crippen LogP contribution is -2.63. The average molecular weight is 882 g/mol. The number of benzene rings is 3. The van der Waals surface area contributed by atoms with Gasteiger partial charge in [0.25, 0.3) is 6.71 Å². The molecule has 4 heterocycles. The van der Waals surface area contributed by atoms with Crippen LogP contribution < -0.4 is 26.2 Å². The summed E-state index contributed by atoms with van der Waals surface area (Å²) in [5, 5.41) is 0. The summed E-state index contributed by atoms with van der Waals surface area (Å²) in [6.45, 7) is 49.8. The Morgan fingerprint density at radius 1 is 0.470 bits per heavy atom. The van der Waals surface area contributed by atoms with Crippen molar-refractivity contribution in [2.24, 2.45) is 0 Å². The number of pyridine rings is 1. The third-order valence-corrected chi connectivity index (χ3v) is 16.4. The largest absolute Gasteiger partial charge is 0.295 e. The molecule has 6 heteroatoms. The number of hydrogen-bond acceptors (Lipinski definition) is 5. The summed E-state index contributed by atoms with van der Waals surface area (Å²) in [7, 11) is 0. The summed E-state index contributed by atoms with van der Waals surface area (Å²) in [6.07, 6.45) is 4.51. The highest BCUT2D eigenvalue weighted by molar-refractivity contribution is 7.00. The van der Waals surface area contributed by atoms with Crippen LogP contribution in [0.4, 0.5) is 34.5 Å². The van der Waals surface area contributed by atoms with E-state index in [9.17, 15) is 0 Å². The van der Waals surface area contributed by atoms with E-state index in [1.54, 1.807) is 0 Å². The molecular formula is C60H80BN5. The van der Waals surface area contributed by atoms with Gasteiger partial charge in [-0.05, 0) is 145 Å². The van der Waals surface area contributed by atoms with Gasteiger partial charge in [-0.2, -0.15) is 0 Å². The molecule has 2 aromatic heterocycles. The SMILES string of the molecule is Cc1nc2c3c(n1)N(c1cc(C(C)(C)C)cc(C(C)(C)C)n1)c1c(ccc4c1C(C)(C)CCC4(C)C)B3c1ccc3c(c1N2c1cc(C(C)(C)C)cc(C(C)(C)C)c1)C(C)(C)CCC3(C)C. The second-order valence-corrected chi connectivity index (χ2v) is 27.7. The molecule has 0 saturated heterocycles. The maximum Gasteiger partial charge on any atom is 0.256 e. The number of rotatable bonds is 2. The fourth-order valence-electron chi connectivity index (χ4n) is 11.8. The topological polar surface area (TPSA) is 45.2 Å². The molecule has 9 rings (SSSR count). The van der Waals surface area contributed by atoms with Crippen molar-refractivity contribution < 1.29 is 0 Å². The van der Waals surface area contributed by atoms with E-state index in [0.717, 1.165) is 54.7 Å². The van der Waals surface area contributed by atoms with E-state index in [0.29, 0.717) is 0 Å². The molecule has 348 valence electrons. The van der Waals surface area contributed by atoms with Gasteiger partial charge in [-0.3, -0.25) is 9.80 Å². The molecule has 5 nitrogen and oxygen atoms in total. The van der Waals surface area contributed by atoms with Gasteiger partial charge in [-0.1, -0.05) is 169 Å². The van der Waals surface area contributed by atoms with Crippen LogP contribution in [0.1, 0.15) is 215 Å². The Hall–Kier alpha value is -4.45. The van der Waals surface area contributed by atoms with Crippen LogP contribution in [-0.4, -0.2) is 21.7 Å². The maximum atomic E-state index is 5.74. The Morgan fingerprint density at radius 3 is 1.32 bits per heavy atom. The summed E-state index contributed by atoms with van der Waals surface area (Å²) in [6, 6.07) is 22.2. The zero-order chi connectivity index (χ0) is 48.4. The quantitative estimate of drug-likeness (QED) is 0.162. The first kappa shape index (κ1) is 46.7. The van der Waals surface area contributed by atoms with Crippen LogP contribution in [0.25, 0.3) is 0 Å². The molecule has 0 spiro atoms. The van der Waals surface area contributed by atoms with E-state index < -0.39 is 0 Å². The van der Waals surface area contributed by atoms with Gasteiger partial charge in [-0.25, -0.2) is 15.0 Å². The molecule has 3 aromatic carbocycles. The first-order valence-electron chi connectivity index (χ1n) is 25.2. The van der Waals surface area contributed by atoms with Gasteiger partial charge in [0.05, 0.1) is 0 Å². The fourth-order valence-corrected chi connectivity index (χ4v) is 11.8. The van der Waals surface area contributed by atoms with Crippen molar-refractivity contribution in [3.8, 4) is 0 Å². The van der Waals surface area contributed by atoms with E-state index in [1.807, 2.05) is 0 Å². The molecule has 0 saturated carbocycles. The van der Waals surface area contributed by atoms with Gasteiger partial charge in [0.1, 0.15) is 23.3 Å². The predicted molar refractivity (Wildman–Crippen MR) is 284 cm³/mol. The summed E-state index contributed by atoms with van der Waals surface area (Å²) in [5.74, 6) is 3.65. The number of fused-ring (bicyclic) bond motifs is 8. The number of anilines is 6. The molecule has 5 aromatic rings. The van der Waals surface area contributed by atoms with E-state index in [4.69, 9.17) is 15.0 Å². The van der Waals surface area contributed by atoms with Crippen LogP contribution in [0.2, 0.25) is 0 Å². The normalized spacial score (nSPS) is 19.1. The summed E-state index contributed by atoms with van der Waals surface area (Å²) in [5.41, 5.74) is 17.9. The van der Waals surface area contributed by atoms with E-state index >= 15 is 0 Å². The van der Waals surface area contributed by atoms with Crippen LogP contribution in [0.15, 0.2) is 54.6 Å². The van der Waals surface area contributed by atoms with E-state index in [1.165, 1.54) is 72.4 Å². The van der Waals surface area contributed by atoms with Crippen molar-refractivity contribution in [3.63, 3.8) is 0 Å². The Morgan fingerprint density at radius 2 is 0.879 bits per heavy atom. The molecule has 0 atom stereocenters. The van der Waals surface area contributed by atoms with Crippen molar-refractivity contribution in [2.75, 3.05) is 9.80 Å². The summed E-state index contributed by atoms with van der Waals surface area (Å²) in [4.78, 5) is 22.3. The highest BCUT2D eigenvalue weighted by Gasteiger charge is 2.52. The van der Waals surface area contributed by atoms with Gasteiger partial charge < -0.3 is 0 Å². The third-order valence-electron chi connectivity index (χ3n) is 16.4. The van der Waals surface area contributed by atoms with Gasteiger partial charge in [0, 0.05) is 33.6 Å². The standard InChI is InChI=1S/C60H80BN5/c1-35-62-51-48-52(63-35)66(45-34-38(55(8,9)10)33-44(64-45)56(11,12)13)50-43(25-23-41-47(50)60(20,21)29-27-58(41,16)17)61(48)42-24-22-40-46(59(18,19)28-26-57(40,14)15)49(42)65(51)39-31-36(53(2,3)4)30-37(32-39)54(5,6)7/h22-25,30-34H,26-29H2,1-21H3. The number of nitrogens with zero attached hydrogens (tertiary/aromatic N) is 5. The molecule has 0 N–H and O–H groups in total. The fraction of sp³-hybridized carbons (Fsp3) is 0.550. The van der Waals surface area contributed by atoms with Crippen LogP contribution in [0.5, 0.6) is 0 Å². The lowest BCUT2D eigenvalue weighted by Gasteiger charge is -2.50. The first-order valence-corrected chi connectivity index (χ1v) is 25.2.